The summed E-state index contributed by atoms with van der Waals surface area (Å²) >= 11 is 0. The molecule has 4 heteroatoms. The van der Waals surface area contributed by atoms with Crippen LogP contribution in [0.2, 0.25) is 0 Å². The predicted octanol–water partition coefficient (Wildman–Crippen LogP) is 2.93. The summed E-state index contributed by atoms with van der Waals surface area (Å²) in [6, 6.07) is 3.01. The molecule has 0 saturated heterocycles. The van der Waals surface area contributed by atoms with Crippen LogP contribution >= 0.6 is 0 Å². The largest absolute Gasteiger partial charge is 0.463 e. The van der Waals surface area contributed by atoms with Crippen molar-refractivity contribution < 1.29 is 18.7 Å². The fourth-order valence-electron chi connectivity index (χ4n) is 2.67. The van der Waals surface area contributed by atoms with Gasteiger partial charge in [0.25, 0.3) is 0 Å². The van der Waals surface area contributed by atoms with Gasteiger partial charge in [0.2, 0.25) is 11.5 Å². The number of methoxy groups -OCH3 is 1. The van der Waals surface area contributed by atoms with Gasteiger partial charge in [-0.3, -0.25) is 4.79 Å². The van der Waals surface area contributed by atoms with Crippen LogP contribution in [0.4, 0.5) is 0 Å². The first-order valence-corrected chi connectivity index (χ1v) is 5.96. The topological polar surface area (TPSA) is 56.5 Å². The smallest absolute Gasteiger partial charge is 0.373 e. The second kappa shape index (κ2) is 3.70. The fourth-order valence-corrected chi connectivity index (χ4v) is 2.67. The van der Waals surface area contributed by atoms with Crippen LogP contribution in [0.25, 0.3) is 0 Å². The minimum absolute atomic E-state index is 0.0394. The average molecular weight is 250 g/mol. The minimum atomic E-state index is -0.566. The van der Waals surface area contributed by atoms with Crippen molar-refractivity contribution in [3.05, 3.63) is 23.7 Å². The van der Waals surface area contributed by atoms with Crippen LogP contribution < -0.4 is 0 Å². The first kappa shape index (κ1) is 12.9. The second-order valence-corrected chi connectivity index (χ2v) is 5.90. The number of esters is 1. The molecule has 1 saturated carbocycles. The van der Waals surface area contributed by atoms with Gasteiger partial charge < -0.3 is 9.15 Å². The number of hydrogen-bond donors (Lipinski definition) is 0. The van der Waals surface area contributed by atoms with E-state index in [1.807, 2.05) is 0 Å². The summed E-state index contributed by atoms with van der Waals surface area (Å²) in [5.41, 5.74) is -0.0788. The molecule has 0 atom stereocenters. The summed E-state index contributed by atoms with van der Waals surface area (Å²) in [6.45, 7) is 8.28. The van der Waals surface area contributed by atoms with Gasteiger partial charge in [-0.1, -0.05) is 27.7 Å². The first-order valence-electron chi connectivity index (χ1n) is 5.96. The van der Waals surface area contributed by atoms with Crippen LogP contribution in [0, 0.1) is 16.7 Å². The van der Waals surface area contributed by atoms with E-state index >= 15 is 0 Å². The van der Waals surface area contributed by atoms with E-state index in [1.165, 1.54) is 13.2 Å². The Kier molecular flexibility index (Phi) is 2.65. The van der Waals surface area contributed by atoms with Crippen LogP contribution in [0.1, 0.15) is 48.8 Å². The maximum Gasteiger partial charge on any atom is 0.373 e. The Morgan fingerprint density at radius 3 is 2.06 bits per heavy atom. The summed E-state index contributed by atoms with van der Waals surface area (Å²) in [7, 11) is 1.28. The number of hydrogen-bond acceptors (Lipinski definition) is 4. The zero-order chi connectivity index (χ0) is 13.7. The molecule has 1 aliphatic carbocycles. The molecule has 1 aliphatic rings. The van der Waals surface area contributed by atoms with Gasteiger partial charge in [0.1, 0.15) is 0 Å². The van der Waals surface area contributed by atoms with Crippen LogP contribution in [0.15, 0.2) is 16.5 Å². The number of ether oxygens (including phenoxy) is 1. The van der Waals surface area contributed by atoms with Gasteiger partial charge in [0.15, 0.2) is 5.76 Å². The molecule has 1 aromatic rings. The Hall–Kier alpha value is -1.58. The SMILES string of the molecule is COC(=O)c1ccc(C(=O)C2C(C)(C)C2(C)C)o1. The Morgan fingerprint density at radius 1 is 1.11 bits per heavy atom. The fraction of sp³-hybridized carbons (Fsp3) is 0.571. The van der Waals surface area contributed by atoms with Crippen LogP contribution in [0.5, 0.6) is 0 Å². The van der Waals surface area contributed by atoms with E-state index in [4.69, 9.17) is 4.42 Å². The summed E-state index contributed by atoms with van der Waals surface area (Å²) in [6.07, 6.45) is 0. The zero-order valence-corrected chi connectivity index (χ0v) is 11.4. The third-order valence-electron chi connectivity index (χ3n) is 4.52. The van der Waals surface area contributed by atoms with E-state index in [0.29, 0.717) is 0 Å². The van der Waals surface area contributed by atoms with Gasteiger partial charge in [-0.2, -0.15) is 0 Å². The zero-order valence-electron chi connectivity index (χ0n) is 11.4. The van der Waals surface area contributed by atoms with Crippen molar-refractivity contribution in [2.45, 2.75) is 27.7 Å². The average Bonchev–Trinajstić information content (AvgIpc) is 2.70. The summed E-state index contributed by atoms with van der Waals surface area (Å²) in [5, 5.41) is 0. The van der Waals surface area contributed by atoms with Crippen molar-refractivity contribution in [3.8, 4) is 0 Å². The molecule has 18 heavy (non-hydrogen) atoms. The van der Waals surface area contributed by atoms with E-state index in [0.717, 1.165) is 0 Å². The second-order valence-electron chi connectivity index (χ2n) is 5.90. The minimum Gasteiger partial charge on any atom is -0.463 e. The molecule has 0 radical (unpaired) electrons. The van der Waals surface area contributed by atoms with Gasteiger partial charge in [-0.25, -0.2) is 4.79 Å². The molecule has 0 spiro atoms. The van der Waals surface area contributed by atoms with Crippen LogP contribution in [0.3, 0.4) is 0 Å². The highest BCUT2D eigenvalue weighted by molar-refractivity contribution is 6.00. The van der Waals surface area contributed by atoms with Crippen molar-refractivity contribution >= 4 is 11.8 Å². The Balaban J connectivity index is 2.22. The van der Waals surface area contributed by atoms with Gasteiger partial charge >= 0.3 is 5.97 Å². The lowest BCUT2D eigenvalue weighted by Gasteiger charge is -2.03. The molecule has 1 fully saturated rings. The molecule has 1 heterocycles. The van der Waals surface area contributed by atoms with Crippen molar-refractivity contribution in [1.29, 1.82) is 0 Å². The highest BCUT2D eigenvalue weighted by Crippen LogP contribution is 2.69. The highest BCUT2D eigenvalue weighted by Gasteiger charge is 2.68. The third-order valence-corrected chi connectivity index (χ3v) is 4.52. The number of carbonyl (C=O) groups is 2. The van der Waals surface area contributed by atoms with Crippen molar-refractivity contribution in [2.24, 2.45) is 16.7 Å². The maximum absolute atomic E-state index is 12.3. The van der Waals surface area contributed by atoms with Gasteiger partial charge in [-0.05, 0) is 23.0 Å². The van der Waals surface area contributed by atoms with E-state index in [-0.39, 0.29) is 34.1 Å². The number of Topliss-reactive ketones (excluding diaryl/α,β-unsaturated/α-hetero) is 1. The molecule has 4 nitrogen and oxygen atoms in total. The van der Waals surface area contributed by atoms with Gasteiger partial charge in [0, 0.05) is 5.92 Å². The quantitative estimate of drug-likeness (QED) is 0.611. The molecular weight excluding hydrogens is 232 g/mol. The molecule has 98 valence electrons. The number of rotatable bonds is 3. The Bertz CT molecular complexity index is 494. The van der Waals surface area contributed by atoms with E-state index in [2.05, 4.69) is 32.4 Å². The van der Waals surface area contributed by atoms with Crippen molar-refractivity contribution in [2.75, 3.05) is 7.11 Å². The standard InChI is InChI=1S/C14H18O4/c1-13(2)11(14(13,3)4)10(15)8-6-7-9(18-8)12(16)17-5/h6-7,11H,1-5H3. The molecule has 0 aromatic carbocycles. The normalized spacial score (nSPS) is 20.5. The van der Waals surface area contributed by atoms with Crippen LogP contribution in [-0.4, -0.2) is 18.9 Å². The lowest BCUT2D eigenvalue weighted by atomic mass is 10.0. The number of carbonyl (C=O) groups excluding carboxylic acids is 2. The lowest BCUT2D eigenvalue weighted by Crippen LogP contribution is -2.06. The summed E-state index contributed by atoms with van der Waals surface area (Å²) in [4.78, 5) is 23.6. The maximum atomic E-state index is 12.3. The Morgan fingerprint density at radius 2 is 1.61 bits per heavy atom. The molecular formula is C14H18O4. The van der Waals surface area contributed by atoms with Gasteiger partial charge in [0.05, 0.1) is 7.11 Å². The van der Waals surface area contributed by atoms with E-state index in [9.17, 15) is 9.59 Å². The molecule has 0 N–H and O–H groups in total. The molecule has 0 unspecified atom stereocenters. The monoisotopic (exact) mass is 250 g/mol. The lowest BCUT2D eigenvalue weighted by molar-refractivity contribution is 0.0562. The first-order chi connectivity index (χ1) is 8.23. The summed E-state index contributed by atoms with van der Waals surface area (Å²) < 4.78 is 9.81. The highest BCUT2D eigenvalue weighted by atomic mass is 16.5. The molecule has 2 rings (SSSR count). The van der Waals surface area contributed by atoms with Crippen molar-refractivity contribution in [3.63, 3.8) is 0 Å². The van der Waals surface area contributed by atoms with Crippen LogP contribution in [-0.2, 0) is 4.74 Å². The molecule has 1 aromatic heterocycles. The molecule has 0 aliphatic heterocycles. The van der Waals surface area contributed by atoms with E-state index < -0.39 is 5.97 Å². The van der Waals surface area contributed by atoms with Crippen molar-refractivity contribution in [1.82, 2.24) is 0 Å². The predicted molar refractivity (Wildman–Crippen MR) is 65.4 cm³/mol. The van der Waals surface area contributed by atoms with E-state index in [1.54, 1.807) is 6.07 Å². The molecule has 0 amide bonds. The third kappa shape index (κ3) is 1.59. The summed E-state index contributed by atoms with van der Waals surface area (Å²) in [5.74, 6) is -0.374. The van der Waals surface area contributed by atoms with Gasteiger partial charge in [-0.15, -0.1) is 0 Å². The molecule has 0 bridgehead atoms. The number of furan rings is 1. The number of ketones is 1. The Labute approximate surface area is 106 Å².